The lowest BCUT2D eigenvalue weighted by atomic mass is 10.1. The molecule has 0 aliphatic carbocycles. The van der Waals surface area contributed by atoms with Crippen molar-refractivity contribution >= 4 is 17.6 Å². The number of amides is 1. The van der Waals surface area contributed by atoms with Crippen molar-refractivity contribution < 1.29 is 19.1 Å². The summed E-state index contributed by atoms with van der Waals surface area (Å²) in [5.74, 6) is 0.266. The number of nitrogens with one attached hydrogen (secondary N) is 1. The Bertz CT molecular complexity index is 757. The first-order valence-corrected chi connectivity index (χ1v) is 8.79. The molecule has 0 saturated carbocycles. The highest BCUT2D eigenvalue weighted by Crippen LogP contribution is 2.21. The number of carbonyl (C=O) groups is 2. The van der Waals surface area contributed by atoms with Gasteiger partial charge in [-0.05, 0) is 51.0 Å². The second kappa shape index (κ2) is 9.61. The lowest BCUT2D eigenvalue weighted by Crippen LogP contribution is -2.16. The van der Waals surface area contributed by atoms with E-state index in [1.54, 1.807) is 19.1 Å². The predicted octanol–water partition coefficient (Wildman–Crippen LogP) is 4.36. The molecule has 0 radical (unpaired) electrons. The van der Waals surface area contributed by atoms with E-state index in [9.17, 15) is 9.59 Å². The molecule has 0 bridgehead atoms. The Hall–Kier alpha value is -2.82. The molecule has 0 fully saturated rings. The fraction of sp³-hybridized carbons (Fsp3) is 0.333. The van der Waals surface area contributed by atoms with Crippen LogP contribution in [0.25, 0.3) is 0 Å². The summed E-state index contributed by atoms with van der Waals surface area (Å²) in [7, 11) is 0. The van der Waals surface area contributed by atoms with Crippen molar-refractivity contribution in [1.82, 2.24) is 0 Å². The van der Waals surface area contributed by atoms with E-state index >= 15 is 0 Å². The Morgan fingerprint density at radius 3 is 2.62 bits per heavy atom. The molecule has 26 heavy (non-hydrogen) atoms. The molecular weight excluding hydrogens is 330 g/mol. The number of benzene rings is 2. The van der Waals surface area contributed by atoms with E-state index in [2.05, 4.69) is 5.32 Å². The van der Waals surface area contributed by atoms with Crippen LogP contribution in [0.2, 0.25) is 0 Å². The number of carbonyl (C=O) groups excluding carboxylic acids is 2. The quantitative estimate of drug-likeness (QED) is 0.715. The molecule has 1 unspecified atom stereocenters. The van der Waals surface area contributed by atoms with Gasteiger partial charge < -0.3 is 14.8 Å². The van der Waals surface area contributed by atoms with Crippen molar-refractivity contribution in [3.05, 3.63) is 59.7 Å². The van der Waals surface area contributed by atoms with Crippen LogP contribution in [0.1, 0.15) is 42.6 Å². The number of aryl methyl sites for hydroxylation is 1. The predicted molar refractivity (Wildman–Crippen MR) is 102 cm³/mol. The van der Waals surface area contributed by atoms with E-state index in [0.717, 1.165) is 5.56 Å². The summed E-state index contributed by atoms with van der Waals surface area (Å²) in [4.78, 5) is 23.8. The van der Waals surface area contributed by atoms with Gasteiger partial charge in [0, 0.05) is 23.7 Å². The van der Waals surface area contributed by atoms with Gasteiger partial charge in [-0.1, -0.05) is 24.3 Å². The topological polar surface area (TPSA) is 64.6 Å². The van der Waals surface area contributed by atoms with E-state index < -0.39 is 0 Å². The van der Waals surface area contributed by atoms with E-state index in [0.29, 0.717) is 36.4 Å². The maximum Gasteiger partial charge on any atom is 0.305 e. The fourth-order valence-corrected chi connectivity index (χ4v) is 2.52. The van der Waals surface area contributed by atoms with Crippen LogP contribution in [-0.2, 0) is 9.53 Å². The standard InChI is InChI=1S/C21H25NO4/c1-4-25-20(23)13-12-16(3)26-18-10-7-9-17(14-18)22-21(24)19-11-6-5-8-15(19)2/h5-11,14,16H,4,12-13H2,1-3H3,(H,22,24). The summed E-state index contributed by atoms with van der Waals surface area (Å²) >= 11 is 0. The van der Waals surface area contributed by atoms with Gasteiger partial charge in [-0.3, -0.25) is 9.59 Å². The molecule has 1 amide bonds. The second-order valence-electron chi connectivity index (χ2n) is 6.07. The molecule has 0 spiro atoms. The summed E-state index contributed by atoms with van der Waals surface area (Å²) in [6.07, 6.45) is 0.749. The van der Waals surface area contributed by atoms with Crippen LogP contribution in [-0.4, -0.2) is 24.6 Å². The molecule has 1 atom stereocenters. The molecule has 0 aromatic heterocycles. The lowest BCUT2D eigenvalue weighted by molar-refractivity contribution is -0.143. The highest BCUT2D eigenvalue weighted by Gasteiger charge is 2.11. The minimum Gasteiger partial charge on any atom is -0.491 e. The summed E-state index contributed by atoms with van der Waals surface area (Å²) < 4.78 is 10.8. The van der Waals surface area contributed by atoms with E-state index in [1.165, 1.54) is 0 Å². The third-order valence-electron chi connectivity index (χ3n) is 3.88. The van der Waals surface area contributed by atoms with E-state index in [1.807, 2.05) is 50.2 Å². The van der Waals surface area contributed by atoms with Gasteiger partial charge in [0.1, 0.15) is 5.75 Å². The first-order valence-electron chi connectivity index (χ1n) is 8.79. The molecule has 2 aromatic rings. The van der Waals surface area contributed by atoms with Crippen molar-refractivity contribution in [2.75, 3.05) is 11.9 Å². The molecule has 1 N–H and O–H groups in total. The molecule has 138 valence electrons. The minimum atomic E-state index is -0.220. The Morgan fingerprint density at radius 2 is 1.88 bits per heavy atom. The van der Waals surface area contributed by atoms with Crippen molar-refractivity contribution in [2.24, 2.45) is 0 Å². The third-order valence-corrected chi connectivity index (χ3v) is 3.88. The maximum absolute atomic E-state index is 12.4. The third kappa shape index (κ3) is 5.92. The molecule has 0 saturated heterocycles. The Labute approximate surface area is 154 Å². The van der Waals surface area contributed by atoms with Crippen LogP contribution in [0.15, 0.2) is 48.5 Å². The van der Waals surface area contributed by atoms with Gasteiger partial charge in [0.25, 0.3) is 5.91 Å². The molecule has 0 heterocycles. The molecular formula is C21H25NO4. The van der Waals surface area contributed by atoms with Gasteiger partial charge in [-0.2, -0.15) is 0 Å². The largest absolute Gasteiger partial charge is 0.491 e. The molecule has 0 aliphatic heterocycles. The van der Waals surface area contributed by atoms with Crippen LogP contribution < -0.4 is 10.1 Å². The van der Waals surface area contributed by atoms with Crippen LogP contribution in [0.4, 0.5) is 5.69 Å². The highest BCUT2D eigenvalue weighted by atomic mass is 16.5. The number of hydrogen-bond acceptors (Lipinski definition) is 4. The number of hydrogen-bond donors (Lipinski definition) is 1. The van der Waals surface area contributed by atoms with Gasteiger partial charge in [-0.25, -0.2) is 0 Å². The zero-order valence-electron chi connectivity index (χ0n) is 15.5. The second-order valence-corrected chi connectivity index (χ2v) is 6.07. The summed E-state index contributed by atoms with van der Waals surface area (Å²) in [6.45, 7) is 5.97. The van der Waals surface area contributed by atoms with Crippen molar-refractivity contribution in [2.45, 2.75) is 39.7 Å². The average molecular weight is 355 g/mol. The zero-order valence-corrected chi connectivity index (χ0v) is 15.5. The Kier molecular flexibility index (Phi) is 7.21. The minimum absolute atomic E-state index is 0.137. The van der Waals surface area contributed by atoms with E-state index in [-0.39, 0.29) is 18.0 Å². The van der Waals surface area contributed by atoms with Gasteiger partial charge in [0.15, 0.2) is 0 Å². The highest BCUT2D eigenvalue weighted by molar-refractivity contribution is 6.05. The molecule has 2 aromatic carbocycles. The van der Waals surface area contributed by atoms with Crippen molar-refractivity contribution in [1.29, 1.82) is 0 Å². The monoisotopic (exact) mass is 355 g/mol. The van der Waals surface area contributed by atoms with Crippen molar-refractivity contribution in [3.63, 3.8) is 0 Å². The Balaban J connectivity index is 1.94. The van der Waals surface area contributed by atoms with Gasteiger partial charge >= 0.3 is 5.97 Å². The fourth-order valence-electron chi connectivity index (χ4n) is 2.52. The SMILES string of the molecule is CCOC(=O)CCC(C)Oc1cccc(NC(=O)c2ccccc2C)c1. The van der Waals surface area contributed by atoms with Crippen LogP contribution in [0, 0.1) is 6.92 Å². The van der Waals surface area contributed by atoms with Crippen LogP contribution in [0.5, 0.6) is 5.75 Å². The number of rotatable bonds is 8. The summed E-state index contributed by atoms with van der Waals surface area (Å²) in [5, 5.41) is 2.89. The smallest absolute Gasteiger partial charge is 0.305 e. The molecule has 2 rings (SSSR count). The first kappa shape index (κ1) is 19.5. The van der Waals surface area contributed by atoms with Gasteiger partial charge in [0.05, 0.1) is 12.7 Å². The molecule has 5 heteroatoms. The van der Waals surface area contributed by atoms with Crippen molar-refractivity contribution in [3.8, 4) is 5.75 Å². The number of anilines is 1. The number of esters is 1. The van der Waals surface area contributed by atoms with Crippen LogP contribution >= 0.6 is 0 Å². The first-order chi connectivity index (χ1) is 12.5. The average Bonchev–Trinajstić information content (AvgIpc) is 2.61. The zero-order chi connectivity index (χ0) is 18.9. The van der Waals surface area contributed by atoms with Gasteiger partial charge in [0.2, 0.25) is 0 Å². The number of ether oxygens (including phenoxy) is 2. The molecule has 5 nitrogen and oxygen atoms in total. The summed E-state index contributed by atoms with van der Waals surface area (Å²) in [6, 6.07) is 14.7. The summed E-state index contributed by atoms with van der Waals surface area (Å²) in [5.41, 5.74) is 2.22. The molecule has 0 aliphatic rings. The normalized spacial score (nSPS) is 11.5. The van der Waals surface area contributed by atoms with Gasteiger partial charge in [-0.15, -0.1) is 0 Å². The Morgan fingerprint density at radius 1 is 1.12 bits per heavy atom. The maximum atomic E-state index is 12.4. The lowest BCUT2D eigenvalue weighted by Gasteiger charge is -2.15. The van der Waals surface area contributed by atoms with E-state index in [4.69, 9.17) is 9.47 Å². The van der Waals surface area contributed by atoms with Crippen LogP contribution in [0.3, 0.4) is 0 Å².